The minimum absolute atomic E-state index is 0.0141. The minimum Gasteiger partial charge on any atom is -0.496 e. The van der Waals surface area contributed by atoms with Gasteiger partial charge in [-0.15, -0.1) is 0 Å². The SMILES string of the molecule is CC.CCNC.COc1cc(C(O)(O)C(O)(O)NC(=O)OCOC=O)c(OC)cc1Br. The summed E-state index contributed by atoms with van der Waals surface area (Å²) in [5.74, 6) is -7.11. The van der Waals surface area contributed by atoms with Gasteiger partial charge in [0.25, 0.3) is 12.3 Å². The Morgan fingerprint density at radius 2 is 1.65 bits per heavy atom. The molecule has 0 heterocycles. The Hall–Kier alpha value is -2.16. The Labute approximate surface area is 189 Å². The third-order valence-electron chi connectivity index (χ3n) is 3.29. The minimum atomic E-state index is -3.61. The summed E-state index contributed by atoms with van der Waals surface area (Å²) in [5, 5.41) is 44.5. The Morgan fingerprint density at radius 1 is 1.13 bits per heavy atom. The fourth-order valence-electron chi connectivity index (χ4n) is 1.70. The summed E-state index contributed by atoms with van der Waals surface area (Å²) in [4.78, 5) is 21.3. The van der Waals surface area contributed by atoms with Crippen molar-refractivity contribution in [2.45, 2.75) is 32.5 Å². The molecule has 0 atom stereocenters. The zero-order valence-electron chi connectivity index (χ0n) is 18.3. The molecule has 0 radical (unpaired) electrons. The molecule has 0 aliphatic heterocycles. The summed E-state index contributed by atoms with van der Waals surface area (Å²) in [7, 11) is 4.42. The first-order chi connectivity index (χ1) is 14.5. The number of nitrogens with one attached hydrogen (secondary N) is 2. The van der Waals surface area contributed by atoms with E-state index in [0.29, 0.717) is 4.47 Å². The fourth-order valence-corrected chi connectivity index (χ4v) is 2.19. The number of amides is 1. The highest BCUT2D eigenvalue weighted by Crippen LogP contribution is 2.40. The molecule has 12 nitrogen and oxygen atoms in total. The van der Waals surface area contributed by atoms with Crippen LogP contribution in [0.25, 0.3) is 0 Å². The van der Waals surface area contributed by atoms with Gasteiger partial charge in [-0.05, 0) is 41.7 Å². The first kappa shape index (κ1) is 31.0. The van der Waals surface area contributed by atoms with E-state index < -0.39 is 30.1 Å². The molecule has 1 rings (SSSR count). The quantitative estimate of drug-likeness (QED) is 0.152. The standard InChI is InChI=1S/C13H16BrNO10.C3H9N.C2H6/c1-22-9-4-8(14)10(23-2)3-7(9)12(18,19)13(20,21)15-11(17)25-6-24-5-16;1-3-4-2;1-2/h3-5,18-21H,6H2,1-2H3,(H,15,17);4H,3H2,1-2H3;1-2H3. The molecular formula is C18H31BrN2O10. The number of carbonyl (C=O) groups excluding carboxylic acids is 2. The molecule has 13 heteroatoms. The molecule has 0 fully saturated rings. The van der Waals surface area contributed by atoms with Crippen LogP contribution < -0.4 is 20.1 Å². The molecular weight excluding hydrogens is 484 g/mol. The normalized spacial score (nSPS) is 10.4. The topological polar surface area (TPSA) is 176 Å². The van der Waals surface area contributed by atoms with Crippen molar-refractivity contribution in [3.63, 3.8) is 0 Å². The number of halogens is 1. The average molecular weight is 515 g/mol. The molecule has 0 aromatic heterocycles. The van der Waals surface area contributed by atoms with Crippen LogP contribution in [0.5, 0.6) is 11.5 Å². The molecule has 0 spiro atoms. The molecule has 0 unspecified atom stereocenters. The van der Waals surface area contributed by atoms with Crippen LogP contribution in [-0.2, 0) is 20.1 Å². The highest BCUT2D eigenvalue weighted by molar-refractivity contribution is 9.10. The predicted molar refractivity (Wildman–Crippen MR) is 113 cm³/mol. The lowest BCUT2D eigenvalue weighted by Gasteiger charge is -2.35. The first-order valence-electron chi connectivity index (χ1n) is 8.98. The average Bonchev–Trinajstić information content (AvgIpc) is 2.74. The second-order valence-corrected chi connectivity index (χ2v) is 6.03. The number of carbonyl (C=O) groups is 2. The third kappa shape index (κ3) is 9.67. The molecule has 180 valence electrons. The third-order valence-corrected chi connectivity index (χ3v) is 3.91. The lowest BCUT2D eigenvalue weighted by Crippen LogP contribution is -2.63. The summed E-state index contributed by atoms with van der Waals surface area (Å²) in [6, 6.07) is 2.33. The number of methoxy groups -OCH3 is 2. The van der Waals surface area contributed by atoms with Crippen LogP contribution in [0.3, 0.4) is 0 Å². The second-order valence-electron chi connectivity index (χ2n) is 5.18. The highest BCUT2D eigenvalue weighted by atomic mass is 79.9. The van der Waals surface area contributed by atoms with E-state index in [1.807, 2.05) is 20.9 Å². The molecule has 31 heavy (non-hydrogen) atoms. The number of alkyl carbamates (subject to hydrolysis) is 1. The lowest BCUT2D eigenvalue weighted by molar-refractivity contribution is -0.375. The summed E-state index contributed by atoms with van der Waals surface area (Å²) in [6.45, 7) is 6.30. The predicted octanol–water partition coefficient (Wildman–Crippen LogP) is 0.351. The molecule has 6 N–H and O–H groups in total. The van der Waals surface area contributed by atoms with Crippen molar-refractivity contribution in [3.8, 4) is 11.5 Å². The molecule has 1 aromatic rings. The van der Waals surface area contributed by atoms with E-state index in [1.165, 1.54) is 25.6 Å². The van der Waals surface area contributed by atoms with Crippen molar-refractivity contribution in [2.24, 2.45) is 0 Å². The maximum atomic E-state index is 11.4. The Morgan fingerprint density at radius 3 is 2.06 bits per heavy atom. The summed E-state index contributed by atoms with van der Waals surface area (Å²) >= 11 is 3.15. The zero-order chi connectivity index (χ0) is 24.7. The molecule has 1 amide bonds. The van der Waals surface area contributed by atoms with Crippen LogP contribution in [0, 0.1) is 0 Å². The largest absolute Gasteiger partial charge is 0.496 e. The smallest absolute Gasteiger partial charge is 0.414 e. The Balaban J connectivity index is 0. The zero-order valence-corrected chi connectivity index (χ0v) is 19.8. The van der Waals surface area contributed by atoms with Gasteiger partial charge in [0, 0.05) is 0 Å². The van der Waals surface area contributed by atoms with Crippen molar-refractivity contribution in [1.29, 1.82) is 0 Å². The maximum Gasteiger partial charge on any atom is 0.414 e. The maximum absolute atomic E-state index is 11.4. The van der Waals surface area contributed by atoms with Gasteiger partial charge in [-0.25, -0.2) is 4.79 Å². The van der Waals surface area contributed by atoms with E-state index >= 15 is 0 Å². The molecule has 0 aliphatic rings. The highest BCUT2D eigenvalue weighted by Gasteiger charge is 2.52. The van der Waals surface area contributed by atoms with Crippen LogP contribution in [0.1, 0.15) is 26.3 Å². The van der Waals surface area contributed by atoms with Crippen LogP contribution >= 0.6 is 15.9 Å². The Bertz CT molecular complexity index is 669. The van der Waals surface area contributed by atoms with Gasteiger partial charge in [-0.3, -0.25) is 10.1 Å². The summed E-state index contributed by atoms with van der Waals surface area (Å²) in [5.41, 5.74) is -0.538. The van der Waals surface area contributed by atoms with Gasteiger partial charge in [-0.2, -0.15) is 0 Å². The fraction of sp³-hybridized carbons (Fsp3) is 0.556. The van der Waals surface area contributed by atoms with Gasteiger partial charge >= 0.3 is 12.0 Å². The van der Waals surface area contributed by atoms with Gasteiger partial charge in [0.15, 0.2) is 0 Å². The molecule has 0 aliphatic carbocycles. The van der Waals surface area contributed by atoms with Gasteiger partial charge < -0.3 is 44.7 Å². The van der Waals surface area contributed by atoms with E-state index in [0.717, 1.165) is 12.6 Å². The van der Waals surface area contributed by atoms with Gasteiger partial charge in [0.2, 0.25) is 6.79 Å². The monoisotopic (exact) mass is 514 g/mol. The molecule has 0 bridgehead atoms. The van der Waals surface area contributed by atoms with Crippen LogP contribution in [0.2, 0.25) is 0 Å². The number of aliphatic hydroxyl groups is 4. The molecule has 0 saturated carbocycles. The van der Waals surface area contributed by atoms with Crippen LogP contribution in [0.4, 0.5) is 4.79 Å². The number of benzene rings is 1. The van der Waals surface area contributed by atoms with Crippen molar-refractivity contribution in [3.05, 3.63) is 22.2 Å². The van der Waals surface area contributed by atoms with Crippen molar-refractivity contribution < 1.29 is 49.0 Å². The van der Waals surface area contributed by atoms with Gasteiger partial charge in [0.1, 0.15) is 11.5 Å². The van der Waals surface area contributed by atoms with E-state index in [9.17, 15) is 30.0 Å². The number of hydrogen-bond acceptors (Lipinski definition) is 11. The van der Waals surface area contributed by atoms with Crippen molar-refractivity contribution >= 4 is 28.5 Å². The van der Waals surface area contributed by atoms with Gasteiger partial charge in [0.05, 0.1) is 24.3 Å². The first-order valence-corrected chi connectivity index (χ1v) is 9.77. The Kier molecular flexibility index (Phi) is 15.6. The number of rotatable bonds is 9. The number of ether oxygens (including phenoxy) is 4. The van der Waals surface area contributed by atoms with E-state index in [2.05, 4.69) is 37.6 Å². The van der Waals surface area contributed by atoms with Crippen molar-refractivity contribution in [2.75, 3.05) is 34.6 Å². The van der Waals surface area contributed by atoms with Crippen molar-refractivity contribution in [1.82, 2.24) is 10.6 Å². The van der Waals surface area contributed by atoms with Crippen LogP contribution in [0.15, 0.2) is 16.6 Å². The molecule has 1 aromatic carbocycles. The summed E-state index contributed by atoms with van der Waals surface area (Å²) < 4.78 is 18.7. The lowest BCUT2D eigenvalue weighted by atomic mass is 10.0. The second kappa shape index (κ2) is 15.6. The van der Waals surface area contributed by atoms with Crippen LogP contribution in [-0.4, -0.2) is 73.5 Å². The van der Waals surface area contributed by atoms with E-state index in [1.54, 1.807) is 0 Å². The number of hydrogen-bond donors (Lipinski definition) is 6. The van der Waals surface area contributed by atoms with E-state index in [-0.39, 0.29) is 18.0 Å². The van der Waals surface area contributed by atoms with E-state index in [4.69, 9.17) is 9.47 Å². The van der Waals surface area contributed by atoms with Gasteiger partial charge in [-0.1, -0.05) is 20.8 Å². The summed E-state index contributed by atoms with van der Waals surface area (Å²) in [6.07, 6.45) is -1.51. The molecule has 0 saturated heterocycles.